The SMILES string of the molecule is CCN(CC=CC#CC(C)(C)C)CC(=O)OC. The van der Waals surface area contributed by atoms with Crippen LogP contribution in [0.15, 0.2) is 12.2 Å². The summed E-state index contributed by atoms with van der Waals surface area (Å²) < 4.78 is 4.62. The van der Waals surface area contributed by atoms with Crippen LogP contribution >= 0.6 is 0 Å². The van der Waals surface area contributed by atoms with Gasteiger partial charge in [0, 0.05) is 12.0 Å². The molecule has 0 aliphatic carbocycles. The Morgan fingerprint density at radius 1 is 1.41 bits per heavy atom. The number of carbonyl (C=O) groups excluding carboxylic acids is 1. The summed E-state index contributed by atoms with van der Waals surface area (Å²) in [6.07, 6.45) is 3.80. The van der Waals surface area contributed by atoms with Crippen LogP contribution in [0.3, 0.4) is 0 Å². The highest BCUT2D eigenvalue weighted by atomic mass is 16.5. The Kier molecular flexibility index (Phi) is 7.32. The zero-order valence-corrected chi connectivity index (χ0v) is 11.5. The molecule has 0 fully saturated rings. The molecule has 0 saturated heterocycles. The van der Waals surface area contributed by atoms with Gasteiger partial charge in [-0.3, -0.25) is 9.69 Å². The minimum atomic E-state index is -0.207. The van der Waals surface area contributed by atoms with Gasteiger partial charge in [0.05, 0.1) is 13.7 Å². The zero-order valence-electron chi connectivity index (χ0n) is 11.5. The van der Waals surface area contributed by atoms with Gasteiger partial charge in [0.15, 0.2) is 0 Å². The third-order valence-corrected chi connectivity index (χ3v) is 2.04. The van der Waals surface area contributed by atoms with Gasteiger partial charge in [0.1, 0.15) is 0 Å². The third kappa shape index (κ3) is 9.65. The normalized spacial score (nSPS) is 11.4. The summed E-state index contributed by atoms with van der Waals surface area (Å²) in [7, 11) is 1.40. The van der Waals surface area contributed by atoms with Gasteiger partial charge in [-0.1, -0.05) is 24.8 Å². The third-order valence-electron chi connectivity index (χ3n) is 2.04. The van der Waals surface area contributed by atoms with Crippen molar-refractivity contribution in [3.8, 4) is 11.8 Å². The molecule has 0 bridgehead atoms. The van der Waals surface area contributed by atoms with Crippen LogP contribution in [0.25, 0.3) is 0 Å². The molecule has 3 heteroatoms. The van der Waals surface area contributed by atoms with E-state index in [1.54, 1.807) is 0 Å². The molecule has 0 aromatic heterocycles. The van der Waals surface area contributed by atoms with Gasteiger partial charge in [0.2, 0.25) is 0 Å². The first-order valence-corrected chi connectivity index (χ1v) is 5.86. The van der Waals surface area contributed by atoms with Gasteiger partial charge in [-0.05, 0) is 33.4 Å². The average Bonchev–Trinajstić information content (AvgIpc) is 2.25. The summed E-state index contributed by atoms with van der Waals surface area (Å²) >= 11 is 0. The van der Waals surface area contributed by atoms with Crippen molar-refractivity contribution in [3.05, 3.63) is 12.2 Å². The van der Waals surface area contributed by atoms with E-state index < -0.39 is 0 Å². The van der Waals surface area contributed by atoms with Crippen molar-refractivity contribution in [2.45, 2.75) is 27.7 Å². The summed E-state index contributed by atoms with van der Waals surface area (Å²) in [5, 5.41) is 0. The lowest BCUT2D eigenvalue weighted by molar-refractivity contribution is -0.141. The lowest BCUT2D eigenvalue weighted by atomic mass is 9.98. The van der Waals surface area contributed by atoms with Crippen molar-refractivity contribution in [2.24, 2.45) is 5.41 Å². The van der Waals surface area contributed by atoms with Crippen molar-refractivity contribution in [3.63, 3.8) is 0 Å². The van der Waals surface area contributed by atoms with Crippen molar-refractivity contribution in [2.75, 3.05) is 26.7 Å². The number of hydrogen-bond donors (Lipinski definition) is 0. The van der Waals surface area contributed by atoms with E-state index in [1.807, 2.05) is 24.0 Å². The molecule has 0 amide bonds. The average molecular weight is 237 g/mol. The molecule has 0 aliphatic rings. The van der Waals surface area contributed by atoms with Crippen molar-refractivity contribution < 1.29 is 9.53 Å². The van der Waals surface area contributed by atoms with Gasteiger partial charge in [-0.2, -0.15) is 0 Å². The second-order valence-electron chi connectivity index (χ2n) is 4.83. The Morgan fingerprint density at radius 3 is 2.53 bits per heavy atom. The second kappa shape index (κ2) is 7.92. The quantitative estimate of drug-likeness (QED) is 0.541. The highest BCUT2D eigenvalue weighted by Gasteiger charge is 2.06. The summed E-state index contributed by atoms with van der Waals surface area (Å²) in [6, 6.07) is 0. The minimum Gasteiger partial charge on any atom is -0.468 e. The summed E-state index contributed by atoms with van der Waals surface area (Å²) in [5.74, 6) is 5.91. The van der Waals surface area contributed by atoms with Gasteiger partial charge >= 0.3 is 5.97 Å². The van der Waals surface area contributed by atoms with E-state index in [2.05, 4.69) is 37.3 Å². The molecule has 0 N–H and O–H groups in total. The van der Waals surface area contributed by atoms with Crippen LogP contribution in [0.2, 0.25) is 0 Å². The molecule has 17 heavy (non-hydrogen) atoms. The fourth-order valence-electron chi connectivity index (χ4n) is 1.07. The number of likely N-dealkylation sites (N-methyl/N-ethyl adjacent to an activating group) is 1. The highest BCUT2D eigenvalue weighted by molar-refractivity contribution is 5.71. The predicted octanol–water partition coefficient (Wildman–Crippen LogP) is 2.09. The topological polar surface area (TPSA) is 29.5 Å². The molecule has 0 aromatic carbocycles. The standard InChI is InChI=1S/C14H23NO2/c1-6-15(12-13(16)17-5)11-9-7-8-10-14(2,3)4/h7,9H,6,11-12H2,1-5H3. The monoisotopic (exact) mass is 237 g/mol. The maximum absolute atomic E-state index is 11.1. The van der Waals surface area contributed by atoms with Crippen LogP contribution in [0.1, 0.15) is 27.7 Å². The number of allylic oxidation sites excluding steroid dienone is 1. The number of carbonyl (C=O) groups is 1. The maximum Gasteiger partial charge on any atom is 0.319 e. The molecule has 96 valence electrons. The Labute approximate surface area is 105 Å². The molecule has 0 spiro atoms. The fraction of sp³-hybridized carbons (Fsp3) is 0.643. The number of methoxy groups -OCH3 is 1. The van der Waals surface area contributed by atoms with Gasteiger partial charge in [0.25, 0.3) is 0 Å². The zero-order chi connectivity index (χ0) is 13.3. The summed E-state index contributed by atoms with van der Waals surface area (Å²) in [6.45, 7) is 10.1. The summed E-state index contributed by atoms with van der Waals surface area (Å²) in [5.41, 5.74) is 0.0286. The molecule has 3 nitrogen and oxygen atoms in total. The number of hydrogen-bond acceptors (Lipinski definition) is 3. The van der Waals surface area contributed by atoms with Crippen LogP contribution in [0.4, 0.5) is 0 Å². The lowest BCUT2D eigenvalue weighted by Crippen LogP contribution is -2.30. The molecule has 0 saturated carbocycles. The molecule has 0 aliphatic heterocycles. The van der Waals surface area contributed by atoms with Crippen LogP contribution < -0.4 is 0 Å². The molecule has 0 heterocycles. The number of esters is 1. The largest absolute Gasteiger partial charge is 0.468 e. The lowest BCUT2D eigenvalue weighted by Gasteiger charge is -2.15. The second-order valence-corrected chi connectivity index (χ2v) is 4.83. The fourth-order valence-corrected chi connectivity index (χ4v) is 1.07. The van der Waals surface area contributed by atoms with Gasteiger partial charge < -0.3 is 4.74 Å². The first-order valence-electron chi connectivity index (χ1n) is 5.86. The van der Waals surface area contributed by atoms with E-state index in [1.165, 1.54) is 7.11 Å². The van der Waals surface area contributed by atoms with E-state index >= 15 is 0 Å². The van der Waals surface area contributed by atoms with E-state index in [0.717, 1.165) is 6.54 Å². The predicted molar refractivity (Wildman–Crippen MR) is 70.5 cm³/mol. The van der Waals surface area contributed by atoms with E-state index in [9.17, 15) is 4.79 Å². The number of nitrogens with zero attached hydrogens (tertiary/aromatic N) is 1. The first-order chi connectivity index (χ1) is 7.89. The molecule has 0 rings (SSSR count). The van der Waals surface area contributed by atoms with Crippen LogP contribution in [0.5, 0.6) is 0 Å². The molecule has 0 atom stereocenters. The molecular weight excluding hydrogens is 214 g/mol. The van der Waals surface area contributed by atoms with Crippen LogP contribution in [-0.4, -0.2) is 37.6 Å². The van der Waals surface area contributed by atoms with Gasteiger partial charge in [-0.25, -0.2) is 0 Å². The smallest absolute Gasteiger partial charge is 0.319 e. The van der Waals surface area contributed by atoms with E-state index in [-0.39, 0.29) is 11.4 Å². The number of rotatable bonds is 5. The Hall–Kier alpha value is -1.27. The highest BCUT2D eigenvalue weighted by Crippen LogP contribution is 2.09. The Bertz CT molecular complexity index is 315. The van der Waals surface area contributed by atoms with E-state index in [0.29, 0.717) is 13.1 Å². The number of ether oxygens (including phenoxy) is 1. The van der Waals surface area contributed by atoms with E-state index in [4.69, 9.17) is 0 Å². The van der Waals surface area contributed by atoms with Crippen molar-refractivity contribution in [1.29, 1.82) is 0 Å². The van der Waals surface area contributed by atoms with Crippen molar-refractivity contribution >= 4 is 5.97 Å². The van der Waals surface area contributed by atoms with Crippen molar-refractivity contribution in [1.82, 2.24) is 4.90 Å². The first kappa shape index (κ1) is 15.7. The molecule has 0 radical (unpaired) electrons. The molecule has 0 unspecified atom stereocenters. The van der Waals surface area contributed by atoms with Gasteiger partial charge in [-0.15, -0.1) is 0 Å². The van der Waals surface area contributed by atoms with Crippen LogP contribution in [-0.2, 0) is 9.53 Å². The Balaban J connectivity index is 4.09. The van der Waals surface area contributed by atoms with Crippen LogP contribution in [0, 0.1) is 17.3 Å². The molecular formula is C14H23NO2. The summed E-state index contributed by atoms with van der Waals surface area (Å²) in [4.78, 5) is 13.1. The maximum atomic E-state index is 11.1. The minimum absolute atomic E-state index is 0.0286. The molecule has 0 aromatic rings. The Morgan fingerprint density at radius 2 is 2.06 bits per heavy atom.